The molecule has 1 aromatic rings. The lowest BCUT2D eigenvalue weighted by atomic mass is 9.98. The first-order valence-electron chi connectivity index (χ1n) is 7.20. The van der Waals surface area contributed by atoms with Crippen LogP contribution in [0.3, 0.4) is 0 Å². The molecule has 1 unspecified atom stereocenters. The molecular formula is C15H21FN2O3S. The molecule has 1 fully saturated rings. The number of carbonyl (C=O) groups is 1. The van der Waals surface area contributed by atoms with E-state index in [1.54, 1.807) is 21.0 Å². The van der Waals surface area contributed by atoms with Gasteiger partial charge in [0, 0.05) is 27.2 Å². The average Bonchev–Trinajstić information content (AvgIpc) is 2.45. The molecule has 1 saturated heterocycles. The third-order valence-corrected chi connectivity index (χ3v) is 5.67. The number of halogens is 1. The Bertz CT molecular complexity index is 653. The summed E-state index contributed by atoms with van der Waals surface area (Å²) >= 11 is 0. The zero-order chi connectivity index (χ0) is 16.5. The lowest BCUT2D eigenvalue weighted by Crippen LogP contribution is -2.45. The van der Waals surface area contributed by atoms with Crippen LogP contribution in [0.25, 0.3) is 0 Å². The van der Waals surface area contributed by atoms with Crippen molar-refractivity contribution in [2.75, 3.05) is 27.2 Å². The molecule has 22 heavy (non-hydrogen) atoms. The Morgan fingerprint density at radius 2 is 2.00 bits per heavy atom. The number of aryl methyl sites for hydroxylation is 1. The van der Waals surface area contributed by atoms with Gasteiger partial charge in [-0.1, -0.05) is 0 Å². The van der Waals surface area contributed by atoms with Gasteiger partial charge in [0.15, 0.2) is 0 Å². The maximum Gasteiger partial charge on any atom is 0.243 e. The van der Waals surface area contributed by atoms with Crippen LogP contribution in [0.1, 0.15) is 18.4 Å². The van der Waals surface area contributed by atoms with Gasteiger partial charge in [0.25, 0.3) is 0 Å². The van der Waals surface area contributed by atoms with Crippen molar-refractivity contribution in [2.24, 2.45) is 5.92 Å². The van der Waals surface area contributed by atoms with Crippen molar-refractivity contribution < 1.29 is 17.6 Å². The number of carbonyl (C=O) groups excluding carboxylic acids is 1. The van der Waals surface area contributed by atoms with E-state index in [1.165, 1.54) is 21.3 Å². The molecule has 1 aliphatic rings. The maximum absolute atomic E-state index is 13.5. The predicted molar refractivity (Wildman–Crippen MR) is 81.3 cm³/mol. The molecule has 0 spiro atoms. The van der Waals surface area contributed by atoms with Crippen LogP contribution in [0.5, 0.6) is 0 Å². The van der Waals surface area contributed by atoms with Gasteiger partial charge in [-0.2, -0.15) is 4.31 Å². The van der Waals surface area contributed by atoms with Crippen LogP contribution in [0.4, 0.5) is 4.39 Å². The molecule has 0 saturated carbocycles. The number of hydrogen-bond acceptors (Lipinski definition) is 3. The molecule has 0 bridgehead atoms. The topological polar surface area (TPSA) is 57.7 Å². The summed E-state index contributed by atoms with van der Waals surface area (Å²) in [6, 6.07) is 3.77. The summed E-state index contributed by atoms with van der Waals surface area (Å²) in [4.78, 5) is 13.5. The second kappa shape index (κ2) is 6.34. The van der Waals surface area contributed by atoms with Crippen LogP contribution in [-0.2, 0) is 14.8 Å². The van der Waals surface area contributed by atoms with Gasteiger partial charge >= 0.3 is 0 Å². The minimum Gasteiger partial charge on any atom is -0.349 e. The molecular weight excluding hydrogens is 307 g/mol. The zero-order valence-corrected chi connectivity index (χ0v) is 13.9. The zero-order valence-electron chi connectivity index (χ0n) is 13.0. The first-order chi connectivity index (χ1) is 10.2. The van der Waals surface area contributed by atoms with Gasteiger partial charge in [-0.05, 0) is 43.5 Å². The van der Waals surface area contributed by atoms with Gasteiger partial charge < -0.3 is 4.90 Å². The van der Waals surface area contributed by atoms with E-state index in [-0.39, 0.29) is 23.3 Å². The lowest BCUT2D eigenvalue weighted by Gasteiger charge is -2.32. The van der Waals surface area contributed by atoms with Crippen molar-refractivity contribution in [3.8, 4) is 0 Å². The molecule has 5 nitrogen and oxygen atoms in total. The number of benzene rings is 1. The highest BCUT2D eigenvalue weighted by molar-refractivity contribution is 7.89. The third-order valence-electron chi connectivity index (χ3n) is 3.83. The van der Waals surface area contributed by atoms with E-state index in [2.05, 4.69) is 0 Å². The Morgan fingerprint density at radius 3 is 2.59 bits per heavy atom. The Hall–Kier alpha value is -1.47. The summed E-state index contributed by atoms with van der Waals surface area (Å²) in [6.45, 7) is 2.15. The predicted octanol–water partition coefficient (Wildman–Crippen LogP) is 1.62. The van der Waals surface area contributed by atoms with Crippen LogP contribution in [0, 0.1) is 18.7 Å². The summed E-state index contributed by atoms with van der Waals surface area (Å²) < 4.78 is 40.1. The maximum atomic E-state index is 13.5. The van der Waals surface area contributed by atoms with E-state index in [1.807, 2.05) is 0 Å². The van der Waals surface area contributed by atoms with Crippen molar-refractivity contribution in [3.63, 3.8) is 0 Å². The molecule has 0 radical (unpaired) electrons. The van der Waals surface area contributed by atoms with Crippen molar-refractivity contribution in [1.29, 1.82) is 0 Å². The average molecular weight is 328 g/mol. The van der Waals surface area contributed by atoms with E-state index in [9.17, 15) is 17.6 Å². The van der Waals surface area contributed by atoms with Gasteiger partial charge in [0.2, 0.25) is 15.9 Å². The molecule has 1 atom stereocenters. The van der Waals surface area contributed by atoms with E-state index < -0.39 is 15.8 Å². The van der Waals surface area contributed by atoms with Gasteiger partial charge in [-0.15, -0.1) is 0 Å². The minimum absolute atomic E-state index is 0.0528. The molecule has 1 aromatic carbocycles. The quantitative estimate of drug-likeness (QED) is 0.847. The van der Waals surface area contributed by atoms with E-state index in [4.69, 9.17) is 0 Å². The van der Waals surface area contributed by atoms with E-state index in [0.717, 1.165) is 6.07 Å². The Balaban J connectivity index is 2.27. The highest BCUT2D eigenvalue weighted by atomic mass is 32.2. The van der Waals surface area contributed by atoms with Gasteiger partial charge in [0.05, 0.1) is 10.8 Å². The van der Waals surface area contributed by atoms with Crippen LogP contribution < -0.4 is 0 Å². The number of hydrogen-bond donors (Lipinski definition) is 0. The van der Waals surface area contributed by atoms with Crippen LogP contribution in [-0.4, -0.2) is 50.7 Å². The van der Waals surface area contributed by atoms with Crippen LogP contribution in [0.15, 0.2) is 23.1 Å². The minimum atomic E-state index is -3.78. The fourth-order valence-corrected chi connectivity index (χ4v) is 4.37. The fraction of sp³-hybridized carbons (Fsp3) is 0.533. The fourth-order valence-electron chi connectivity index (χ4n) is 2.73. The molecule has 0 aliphatic carbocycles. The van der Waals surface area contributed by atoms with Crippen LogP contribution >= 0.6 is 0 Å². The van der Waals surface area contributed by atoms with Crippen LogP contribution in [0.2, 0.25) is 0 Å². The molecule has 1 amide bonds. The second-order valence-electron chi connectivity index (χ2n) is 5.90. The van der Waals surface area contributed by atoms with Crippen molar-refractivity contribution in [1.82, 2.24) is 9.21 Å². The largest absolute Gasteiger partial charge is 0.349 e. The standard InChI is InChI=1S/C15H21FN2O3S/c1-11-7-13(16)9-14(8-11)22(20,21)18-6-4-5-12(10-18)15(19)17(2)3/h7-9,12H,4-6,10H2,1-3H3. The molecule has 122 valence electrons. The van der Waals surface area contributed by atoms with Crippen molar-refractivity contribution in [2.45, 2.75) is 24.7 Å². The SMILES string of the molecule is Cc1cc(F)cc(S(=O)(=O)N2CCCC(C(=O)N(C)C)C2)c1. The molecule has 0 aromatic heterocycles. The molecule has 2 rings (SSSR count). The normalized spacial score (nSPS) is 19.9. The van der Waals surface area contributed by atoms with Gasteiger partial charge in [-0.25, -0.2) is 12.8 Å². The number of sulfonamides is 1. The van der Waals surface area contributed by atoms with Crippen molar-refractivity contribution >= 4 is 15.9 Å². The highest BCUT2D eigenvalue weighted by Crippen LogP contribution is 2.25. The number of rotatable bonds is 3. The Morgan fingerprint density at radius 1 is 1.32 bits per heavy atom. The highest BCUT2D eigenvalue weighted by Gasteiger charge is 2.34. The Labute approximate surface area is 130 Å². The summed E-state index contributed by atoms with van der Waals surface area (Å²) in [6.07, 6.45) is 1.29. The van der Waals surface area contributed by atoms with Crippen molar-refractivity contribution in [3.05, 3.63) is 29.6 Å². The van der Waals surface area contributed by atoms with E-state index in [0.29, 0.717) is 24.9 Å². The number of piperidine rings is 1. The van der Waals surface area contributed by atoms with E-state index >= 15 is 0 Å². The molecule has 1 heterocycles. The number of amides is 1. The first kappa shape index (κ1) is 16.9. The molecule has 0 N–H and O–H groups in total. The lowest BCUT2D eigenvalue weighted by molar-refractivity contribution is -0.134. The van der Waals surface area contributed by atoms with Gasteiger partial charge in [0.1, 0.15) is 5.82 Å². The Kier molecular flexibility index (Phi) is 4.87. The molecule has 7 heteroatoms. The monoisotopic (exact) mass is 328 g/mol. The smallest absolute Gasteiger partial charge is 0.243 e. The van der Waals surface area contributed by atoms with Gasteiger partial charge in [-0.3, -0.25) is 4.79 Å². The first-order valence-corrected chi connectivity index (χ1v) is 8.64. The summed E-state index contributed by atoms with van der Waals surface area (Å²) in [5, 5.41) is 0. The molecule has 1 aliphatic heterocycles. The summed E-state index contributed by atoms with van der Waals surface area (Å²) in [5.74, 6) is -0.986. The second-order valence-corrected chi connectivity index (χ2v) is 7.84. The number of nitrogens with zero attached hydrogens (tertiary/aromatic N) is 2. The summed E-state index contributed by atoms with van der Waals surface area (Å²) in [5.41, 5.74) is 0.552. The third kappa shape index (κ3) is 3.47. The summed E-state index contributed by atoms with van der Waals surface area (Å²) in [7, 11) is -0.460.